The number of piperidine rings is 1. The summed E-state index contributed by atoms with van der Waals surface area (Å²) < 4.78 is 4.84. The number of likely N-dealkylation sites (tertiary alicyclic amines) is 1. The maximum atomic E-state index is 11.6. The molecule has 126 valence electrons. The fraction of sp³-hybridized carbons (Fsp3) is 0.556. The van der Waals surface area contributed by atoms with Crippen LogP contribution in [0.3, 0.4) is 0 Å². The van der Waals surface area contributed by atoms with Crippen LogP contribution in [-0.2, 0) is 16.0 Å². The van der Waals surface area contributed by atoms with E-state index in [1.54, 1.807) is 0 Å². The second-order valence-electron chi connectivity index (χ2n) is 5.76. The molecule has 0 radical (unpaired) electrons. The van der Waals surface area contributed by atoms with Gasteiger partial charge in [0.15, 0.2) is 5.96 Å². The van der Waals surface area contributed by atoms with Gasteiger partial charge in [-0.3, -0.25) is 9.79 Å². The Balaban J connectivity index is 1.88. The first kappa shape index (κ1) is 17.3. The molecule has 2 rings (SSSR count). The zero-order valence-electron chi connectivity index (χ0n) is 14.1. The molecule has 0 aliphatic carbocycles. The lowest BCUT2D eigenvalue weighted by Gasteiger charge is -2.33. The third-order valence-corrected chi connectivity index (χ3v) is 4.17. The van der Waals surface area contributed by atoms with E-state index in [1.165, 1.54) is 12.7 Å². The van der Waals surface area contributed by atoms with E-state index in [9.17, 15) is 4.79 Å². The Bertz CT molecular complexity index is 508. The fourth-order valence-electron chi connectivity index (χ4n) is 2.86. The predicted octanol–water partition coefficient (Wildman–Crippen LogP) is 2.08. The number of carbonyl (C=O) groups excluding carboxylic acids is 1. The van der Waals surface area contributed by atoms with Crippen molar-refractivity contribution in [1.29, 1.82) is 0 Å². The SMILES string of the molecule is CCNC(=NCCc1ccccc1)N1CCC(C(=O)OC)CC1. The number of hydrogen-bond donors (Lipinski definition) is 1. The molecule has 1 saturated heterocycles. The Kier molecular flexibility index (Phi) is 6.91. The molecule has 1 aromatic rings. The van der Waals surface area contributed by atoms with Crippen LogP contribution in [0.25, 0.3) is 0 Å². The van der Waals surface area contributed by atoms with Crippen molar-refractivity contribution in [2.75, 3.05) is 33.3 Å². The molecule has 23 heavy (non-hydrogen) atoms. The summed E-state index contributed by atoms with van der Waals surface area (Å²) in [4.78, 5) is 18.6. The highest BCUT2D eigenvalue weighted by Gasteiger charge is 2.26. The van der Waals surface area contributed by atoms with E-state index in [0.717, 1.165) is 51.4 Å². The second-order valence-corrected chi connectivity index (χ2v) is 5.76. The Hall–Kier alpha value is -2.04. The molecule has 0 bridgehead atoms. The van der Waals surface area contributed by atoms with Gasteiger partial charge in [0.05, 0.1) is 13.0 Å². The van der Waals surface area contributed by atoms with Crippen molar-refractivity contribution < 1.29 is 9.53 Å². The molecule has 0 atom stereocenters. The molecule has 1 aliphatic heterocycles. The van der Waals surface area contributed by atoms with Crippen LogP contribution in [-0.4, -0.2) is 50.1 Å². The smallest absolute Gasteiger partial charge is 0.308 e. The van der Waals surface area contributed by atoms with Crippen molar-refractivity contribution >= 4 is 11.9 Å². The highest BCUT2D eigenvalue weighted by atomic mass is 16.5. The number of hydrogen-bond acceptors (Lipinski definition) is 3. The van der Waals surface area contributed by atoms with E-state index >= 15 is 0 Å². The van der Waals surface area contributed by atoms with E-state index in [-0.39, 0.29) is 11.9 Å². The number of nitrogens with zero attached hydrogens (tertiary/aromatic N) is 2. The number of esters is 1. The Morgan fingerprint density at radius 1 is 1.30 bits per heavy atom. The van der Waals surface area contributed by atoms with Gasteiger partial charge in [-0.25, -0.2) is 0 Å². The van der Waals surface area contributed by atoms with Gasteiger partial charge in [0.25, 0.3) is 0 Å². The summed E-state index contributed by atoms with van der Waals surface area (Å²) in [5, 5.41) is 3.36. The van der Waals surface area contributed by atoms with Crippen molar-refractivity contribution in [2.24, 2.45) is 10.9 Å². The van der Waals surface area contributed by atoms with Crippen molar-refractivity contribution in [3.63, 3.8) is 0 Å². The molecule has 1 N–H and O–H groups in total. The van der Waals surface area contributed by atoms with Crippen LogP contribution in [0.4, 0.5) is 0 Å². The minimum absolute atomic E-state index is 0.0310. The molecule has 1 fully saturated rings. The maximum Gasteiger partial charge on any atom is 0.308 e. The van der Waals surface area contributed by atoms with Crippen LogP contribution in [0.1, 0.15) is 25.3 Å². The standard InChI is InChI=1S/C18H27N3O2/c1-3-19-18(20-12-9-15-7-5-4-6-8-15)21-13-10-16(11-14-21)17(22)23-2/h4-8,16H,3,9-14H2,1-2H3,(H,19,20). The molecule has 1 aliphatic rings. The van der Waals surface area contributed by atoms with Gasteiger partial charge in [0.2, 0.25) is 0 Å². The Morgan fingerprint density at radius 2 is 2.00 bits per heavy atom. The van der Waals surface area contributed by atoms with Crippen LogP contribution < -0.4 is 5.32 Å². The number of methoxy groups -OCH3 is 1. The number of aliphatic imine (C=N–C) groups is 1. The summed E-state index contributed by atoms with van der Waals surface area (Å²) in [5.74, 6) is 0.894. The number of guanidine groups is 1. The first-order valence-electron chi connectivity index (χ1n) is 8.39. The number of ether oxygens (including phenoxy) is 1. The van der Waals surface area contributed by atoms with E-state index in [0.29, 0.717) is 0 Å². The molecule has 0 saturated carbocycles. The maximum absolute atomic E-state index is 11.6. The minimum atomic E-state index is -0.0873. The van der Waals surface area contributed by atoms with Gasteiger partial charge in [0, 0.05) is 26.2 Å². The summed E-state index contributed by atoms with van der Waals surface area (Å²) in [6.45, 7) is 5.38. The van der Waals surface area contributed by atoms with Crippen LogP contribution in [0, 0.1) is 5.92 Å². The second kappa shape index (κ2) is 9.18. The molecule has 0 aromatic heterocycles. The van der Waals surface area contributed by atoms with Gasteiger partial charge < -0.3 is 15.0 Å². The molecule has 5 heteroatoms. The predicted molar refractivity (Wildman–Crippen MR) is 92.4 cm³/mol. The van der Waals surface area contributed by atoms with Crippen LogP contribution in [0.2, 0.25) is 0 Å². The first-order chi connectivity index (χ1) is 11.2. The normalized spacial score (nSPS) is 16.3. The lowest BCUT2D eigenvalue weighted by Crippen LogP contribution is -2.46. The summed E-state index contributed by atoms with van der Waals surface area (Å²) in [5.41, 5.74) is 1.30. The summed E-state index contributed by atoms with van der Waals surface area (Å²) in [6, 6.07) is 10.4. The summed E-state index contributed by atoms with van der Waals surface area (Å²) in [7, 11) is 1.46. The average Bonchev–Trinajstić information content (AvgIpc) is 2.61. The van der Waals surface area contributed by atoms with Gasteiger partial charge in [-0.1, -0.05) is 30.3 Å². The van der Waals surface area contributed by atoms with Crippen LogP contribution in [0.15, 0.2) is 35.3 Å². The Morgan fingerprint density at radius 3 is 2.61 bits per heavy atom. The highest BCUT2D eigenvalue weighted by Crippen LogP contribution is 2.18. The third kappa shape index (κ3) is 5.27. The van der Waals surface area contributed by atoms with E-state index in [1.807, 2.05) is 6.07 Å². The number of carbonyl (C=O) groups is 1. The third-order valence-electron chi connectivity index (χ3n) is 4.17. The molecule has 5 nitrogen and oxygen atoms in total. The van der Waals surface area contributed by atoms with E-state index in [4.69, 9.17) is 9.73 Å². The number of rotatable bonds is 5. The molecule has 0 unspecified atom stereocenters. The summed E-state index contributed by atoms with van der Waals surface area (Å²) >= 11 is 0. The van der Waals surface area contributed by atoms with Gasteiger partial charge in [-0.2, -0.15) is 0 Å². The van der Waals surface area contributed by atoms with Crippen molar-refractivity contribution in [3.8, 4) is 0 Å². The zero-order chi connectivity index (χ0) is 16.5. The van der Waals surface area contributed by atoms with Crippen molar-refractivity contribution in [1.82, 2.24) is 10.2 Å². The van der Waals surface area contributed by atoms with Crippen LogP contribution >= 0.6 is 0 Å². The van der Waals surface area contributed by atoms with Gasteiger partial charge in [-0.05, 0) is 31.7 Å². The van der Waals surface area contributed by atoms with Gasteiger partial charge in [0.1, 0.15) is 0 Å². The fourth-order valence-corrected chi connectivity index (χ4v) is 2.86. The minimum Gasteiger partial charge on any atom is -0.469 e. The number of benzene rings is 1. The zero-order valence-corrected chi connectivity index (χ0v) is 14.1. The van der Waals surface area contributed by atoms with Crippen LogP contribution in [0.5, 0.6) is 0 Å². The Labute approximate surface area is 138 Å². The molecule has 0 spiro atoms. The molecule has 0 amide bonds. The average molecular weight is 317 g/mol. The molecular formula is C18H27N3O2. The highest BCUT2D eigenvalue weighted by molar-refractivity contribution is 5.80. The summed E-state index contributed by atoms with van der Waals surface area (Å²) in [6.07, 6.45) is 2.60. The molecule has 1 aromatic carbocycles. The monoisotopic (exact) mass is 317 g/mol. The topological polar surface area (TPSA) is 53.9 Å². The van der Waals surface area contributed by atoms with Crippen molar-refractivity contribution in [2.45, 2.75) is 26.2 Å². The van der Waals surface area contributed by atoms with E-state index < -0.39 is 0 Å². The quantitative estimate of drug-likeness (QED) is 0.513. The van der Waals surface area contributed by atoms with Crippen molar-refractivity contribution in [3.05, 3.63) is 35.9 Å². The first-order valence-corrected chi connectivity index (χ1v) is 8.39. The largest absolute Gasteiger partial charge is 0.469 e. The molecular weight excluding hydrogens is 290 g/mol. The lowest BCUT2D eigenvalue weighted by atomic mass is 9.97. The lowest BCUT2D eigenvalue weighted by molar-refractivity contribution is -0.146. The van der Waals surface area contributed by atoms with Gasteiger partial charge >= 0.3 is 5.97 Å². The number of nitrogens with one attached hydrogen (secondary N) is 1. The van der Waals surface area contributed by atoms with Gasteiger partial charge in [-0.15, -0.1) is 0 Å². The molecule has 1 heterocycles. The van der Waals surface area contributed by atoms with E-state index in [2.05, 4.69) is 41.4 Å².